The van der Waals surface area contributed by atoms with Crippen LogP contribution in [0.2, 0.25) is 0 Å². The van der Waals surface area contributed by atoms with Gasteiger partial charge in [-0.3, -0.25) is 0 Å². The zero-order chi connectivity index (χ0) is 20.9. The lowest BCUT2D eigenvalue weighted by Crippen LogP contribution is -2.52. The molecule has 0 bridgehead atoms. The summed E-state index contributed by atoms with van der Waals surface area (Å²) in [7, 11) is 1.96. The van der Waals surface area contributed by atoms with Gasteiger partial charge in [0.25, 0.3) is 0 Å². The molecule has 9 heteroatoms. The van der Waals surface area contributed by atoms with Gasteiger partial charge in [-0.25, -0.2) is 9.38 Å². The normalized spacial score (nSPS) is 15.0. The summed E-state index contributed by atoms with van der Waals surface area (Å²) in [6.45, 7) is 6.54. The van der Waals surface area contributed by atoms with Crippen molar-refractivity contribution in [1.29, 1.82) is 0 Å². The number of hydrogen-bond donors (Lipinski definition) is 1. The second kappa shape index (κ2) is 9.25. The Labute approximate surface area is 179 Å². The highest BCUT2D eigenvalue weighted by Gasteiger charge is 2.20. The van der Waals surface area contributed by atoms with Gasteiger partial charge in [-0.2, -0.15) is 0 Å². The first-order valence-corrected chi connectivity index (χ1v) is 10.9. The van der Waals surface area contributed by atoms with Crippen LogP contribution in [0, 0.1) is 12.7 Å². The number of aliphatic imine (C=N–C) groups is 1. The summed E-state index contributed by atoms with van der Waals surface area (Å²) in [6, 6.07) is 10.9. The second-order valence-electron chi connectivity index (χ2n) is 7.25. The van der Waals surface area contributed by atoms with E-state index in [2.05, 4.69) is 42.8 Å². The Kier molecular flexibility index (Phi) is 6.27. The van der Waals surface area contributed by atoms with Crippen LogP contribution in [0.3, 0.4) is 0 Å². The van der Waals surface area contributed by atoms with Crippen molar-refractivity contribution in [2.45, 2.75) is 20.0 Å². The van der Waals surface area contributed by atoms with Gasteiger partial charge in [0.2, 0.25) is 0 Å². The first-order valence-electron chi connectivity index (χ1n) is 10.0. The van der Waals surface area contributed by atoms with E-state index >= 15 is 0 Å². The number of nitrogens with zero attached hydrogens (tertiary/aromatic N) is 6. The number of nitrogens with one attached hydrogen (secondary N) is 1. The van der Waals surface area contributed by atoms with Crippen LogP contribution in [0.1, 0.15) is 16.5 Å². The predicted molar refractivity (Wildman–Crippen MR) is 118 cm³/mol. The fourth-order valence-corrected chi connectivity index (χ4v) is 4.05. The third-order valence-corrected chi connectivity index (χ3v) is 6.20. The molecule has 0 atom stereocenters. The summed E-state index contributed by atoms with van der Waals surface area (Å²) >= 11 is 1.73. The number of benzene rings is 1. The van der Waals surface area contributed by atoms with Crippen LogP contribution >= 0.6 is 11.3 Å². The standard InChI is InChI=1S/C21H26FN7S/c1-16-25-26-20(27(16)2)15-24-21(23-14-19-4-3-13-30-19)29-11-9-28(10-12-29)18-7-5-17(22)6-8-18/h3-8,13H,9-12,14-15H2,1-2H3,(H,23,24). The third-order valence-electron chi connectivity index (χ3n) is 5.32. The van der Waals surface area contributed by atoms with Crippen LogP contribution in [0.15, 0.2) is 46.8 Å². The zero-order valence-electron chi connectivity index (χ0n) is 17.3. The summed E-state index contributed by atoms with van der Waals surface area (Å²) in [6.07, 6.45) is 0. The van der Waals surface area contributed by atoms with E-state index in [1.165, 1.54) is 17.0 Å². The van der Waals surface area contributed by atoms with Gasteiger partial charge < -0.3 is 19.7 Å². The molecular formula is C21H26FN7S. The molecule has 1 aromatic carbocycles. The molecule has 30 heavy (non-hydrogen) atoms. The highest BCUT2D eigenvalue weighted by atomic mass is 32.1. The van der Waals surface area contributed by atoms with Crippen molar-refractivity contribution in [1.82, 2.24) is 25.0 Å². The molecule has 1 N–H and O–H groups in total. The van der Waals surface area contributed by atoms with E-state index in [0.29, 0.717) is 6.54 Å². The van der Waals surface area contributed by atoms with Crippen molar-refractivity contribution in [3.05, 3.63) is 64.1 Å². The van der Waals surface area contributed by atoms with Gasteiger partial charge in [-0.05, 0) is 42.6 Å². The number of rotatable bonds is 5. The van der Waals surface area contributed by atoms with Crippen LogP contribution < -0.4 is 10.2 Å². The Hall–Kier alpha value is -2.94. The molecule has 0 saturated carbocycles. The summed E-state index contributed by atoms with van der Waals surface area (Å²) in [5.74, 6) is 2.39. The first-order chi connectivity index (χ1) is 14.6. The Morgan fingerprint density at radius 3 is 2.53 bits per heavy atom. The van der Waals surface area contributed by atoms with Crippen molar-refractivity contribution in [2.75, 3.05) is 31.1 Å². The molecule has 2 aromatic heterocycles. The molecule has 3 heterocycles. The molecule has 158 valence electrons. The van der Waals surface area contributed by atoms with E-state index in [0.717, 1.165) is 56.0 Å². The van der Waals surface area contributed by atoms with Gasteiger partial charge in [0.1, 0.15) is 18.2 Å². The van der Waals surface area contributed by atoms with Crippen LogP contribution in [-0.4, -0.2) is 51.8 Å². The molecule has 7 nitrogen and oxygen atoms in total. The monoisotopic (exact) mass is 427 g/mol. The Morgan fingerprint density at radius 2 is 1.90 bits per heavy atom. The fourth-order valence-electron chi connectivity index (χ4n) is 3.41. The summed E-state index contributed by atoms with van der Waals surface area (Å²) in [5.41, 5.74) is 1.05. The fraction of sp³-hybridized carbons (Fsp3) is 0.381. The van der Waals surface area contributed by atoms with Gasteiger partial charge in [-0.15, -0.1) is 21.5 Å². The van der Waals surface area contributed by atoms with Crippen molar-refractivity contribution in [3.63, 3.8) is 0 Å². The summed E-state index contributed by atoms with van der Waals surface area (Å²) in [5, 5.41) is 13.9. The topological polar surface area (TPSA) is 61.6 Å². The molecule has 1 aliphatic rings. The highest BCUT2D eigenvalue weighted by molar-refractivity contribution is 7.09. The van der Waals surface area contributed by atoms with Crippen molar-refractivity contribution in [3.8, 4) is 0 Å². The number of thiophene rings is 1. The Balaban J connectivity index is 1.44. The smallest absolute Gasteiger partial charge is 0.194 e. The maximum Gasteiger partial charge on any atom is 0.194 e. The van der Waals surface area contributed by atoms with Crippen molar-refractivity contribution < 1.29 is 4.39 Å². The molecule has 0 spiro atoms. The number of hydrogen-bond acceptors (Lipinski definition) is 5. The molecule has 1 aliphatic heterocycles. The van der Waals surface area contributed by atoms with E-state index in [4.69, 9.17) is 4.99 Å². The molecule has 1 saturated heterocycles. The van der Waals surface area contributed by atoms with Crippen molar-refractivity contribution >= 4 is 23.0 Å². The number of guanidine groups is 1. The SMILES string of the molecule is Cc1nnc(CN=C(NCc2cccs2)N2CCN(c3ccc(F)cc3)CC2)n1C. The maximum atomic E-state index is 13.2. The molecule has 0 unspecified atom stereocenters. The molecular weight excluding hydrogens is 401 g/mol. The Bertz CT molecular complexity index is 973. The molecule has 0 aliphatic carbocycles. The van der Waals surface area contributed by atoms with Gasteiger partial charge in [-0.1, -0.05) is 6.07 Å². The lowest BCUT2D eigenvalue weighted by Gasteiger charge is -2.37. The van der Waals surface area contributed by atoms with Crippen LogP contribution in [0.4, 0.5) is 10.1 Å². The average Bonchev–Trinajstić information content (AvgIpc) is 3.40. The maximum absolute atomic E-state index is 13.2. The van der Waals surface area contributed by atoms with E-state index in [9.17, 15) is 4.39 Å². The van der Waals surface area contributed by atoms with Crippen LogP contribution in [-0.2, 0) is 20.1 Å². The first kappa shape index (κ1) is 20.3. The van der Waals surface area contributed by atoms with E-state index < -0.39 is 0 Å². The summed E-state index contributed by atoms with van der Waals surface area (Å²) < 4.78 is 15.2. The predicted octanol–water partition coefficient (Wildman–Crippen LogP) is 2.79. The lowest BCUT2D eigenvalue weighted by molar-refractivity contribution is 0.371. The number of aryl methyl sites for hydroxylation is 1. The Morgan fingerprint density at radius 1 is 1.13 bits per heavy atom. The van der Waals surface area contributed by atoms with Crippen molar-refractivity contribution in [2.24, 2.45) is 12.0 Å². The summed E-state index contributed by atoms with van der Waals surface area (Å²) in [4.78, 5) is 10.7. The third kappa shape index (κ3) is 4.79. The number of piperazine rings is 1. The minimum Gasteiger partial charge on any atom is -0.368 e. The second-order valence-corrected chi connectivity index (χ2v) is 8.28. The van der Waals surface area contributed by atoms with Gasteiger partial charge in [0.15, 0.2) is 11.8 Å². The van der Waals surface area contributed by atoms with Crippen LogP contribution in [0.5, 0.6) is 0 Å². The minimum absolute atomic E-state index is 0.205. The van der Waals surface area contributed by atoms with Gasteiger partial charge >= 0.3 is 0 Å². The minimum atomic E-state index is -0.205. The molecule has 1 fully saturated rings. The largest absolute Gasteiger partial charge is 0.368 e. The molecule has 0 amide bonds. The van der Waals surface area contributed by atoms with Gasteiger partial charge in [0.05, 0.1) is 6.54 Å². The zero-order valence-corrected chi connectivity index (χ0v) is 18.1. The highest BCUT2D eigenvalue weighted by Crippen LogP contribution is 2.17. The number of halogens is 1. The van der Waals surface area contributed by atoms with E-state index in [1.807, 2.05) is 30.7 Å². The average molecular weight is 428 g/mol. The molecule has 0 radical (unpaired) electrons. The number of anilines is 1. The lowest BCUT2D eigenvalue weighted by atomic mass is 10.2. The molecule has 4 rings (SSSR count). The van der Waals surface area contributed by atoms with Crippen LogP contribution in [0.25, 0.3) is 0 Å². The van der Waals surface area contributed by atoms with E-state index in [-0.39, 0.29) is 5.82 Å². The quantitative estimate of drug-likeness (QED) is 0.501. The molecule has 3 aromatic rings. The number of aromatic nitrogens is 3. The van der Waals surface area contributed by atoms with E-state index in [1.54, 1.807) is 11.3 Å². The van der Waals surface area contributed by atoms with Gasteiger partial charge in [0, 0.05) is 43.8 Å².